The van der Waals surface area contributed by atoms with Gasteiger partial charge in [0.15, 0.2) is 6.29 Å². The van der Waals surface area contributed by atoms with E-state index in [-0.39, 0.29) is 19.6 Å². The predicted molar refractivity (Wildman–Crippen MR) is 101 cm³/mol. The van der Waals surface area contributed by atoms with Gasteiger partial charge in [-0.3, -0.25) is 0 Å². The quantitative estimate of drug-likeness (QED) is 0.416. The number of aliphatic hydroxyl groups is 3. The number of amides is 1. The molecule has 2 rings (SSSR count). The maximum atomic E-state index is 11.6. The summed E-state index contributed by atoms with van der Waals surface area (Å²) in [5.41, 5.74) is 0.951. The van der Waals surface area contributed by atoms with Gasteiger partial charge in [-0.05, 0) is 18.4 Å². The summed E-state index contributed by atoms with van der Waals surface area (Å²) in [5.74, 6) is 0. The average molecular weight is 397 g/mol. The van der Waals surface area contributed by atoms with Crippen molar-refractivity contribution in [3.05, 3.63) is 35.9 Å². The van der Waals surface area contributed by atoms with Crippen LogP contribution in [0.5, 0.6) is 0 Å². The highest BCUT2D eigenvalue weighted by Crippen LogP contribution is 2.21. The topological polar surface area (TPSA) is 117 Å². The minimum absolute atomic E-state index is 0.187. The lowest BCUT2D eigenvalue weighted by atomic mass is 10.0. The van der Waals surface area contributed by atoms with Crippen molar-refractivity contribution < 1.29 is 34.3 Å². The van der Waals surface area contributed by atoms with Crippen molar-refractivity contribution >= 4 is 6.09 Å². The molecule has 1 aliphatic rings. The molecule has 4 atom stereocenters. The largest absolute Gasteiger partial charge is 0.445 e. The molecule has 8 nitrogen and oxygen atoms in total. The van der Waals surface area contributed by atoms with E-state index in [2.05, 4.69) is 5.32 Å². The molecule has 0 bridgehead atoms. The Balaban J connectivity index is 1.44. The van der Waals surface area contributed by atoms with Crippen molar-refractivity contribution in [3.8, 4) is 0 Å². The summed E-state index contributed by atoms with van der Waals surface area (Å²) in [6.07, 6.45) is -0.166. The fourth-order valence-corrected chi connectivity index (χ4v) is 2.93. The number of ether oxygens (including phenoxy) is 3. The smallest absolute Gasteiger partial charge is 0.407 e. The number of unbranched alkanes of at least 4 members (excludes halogenated alkanes) is 3. The highest BCUT2D eigenvalue weighted by atomic mass is 16.7. The Bertz CT molecular complexity index is 557. The van der Waals surface area contributed by atoms with E-state index in [0.717, 1.165) is 31.2 Å². The molecule has 0 saturated carbocycles. The molecule has 0 aliphatic carbocycles. The van der Waals surface area contributed by atoms with Gasteiger partial charge in [0.05, 0.1) is 12.7 Å². The third-order valence-corrected chi connectivity index (χ3v) is 4.57. The van der Waals surface area contributed by atoms with Gasteiger partial charge >= 0.3 is 6.09 Å². The number of nitrogens with one attached hydrogen (secondary N) is 1. The molecule has 0 spiro atoms. The summed E-state index contributed by atoms with van der Waals surface area (Å²) in [5, 5.41) is 31.2. The summed E-state index contributed by atoms with van der Waals surface area (Å²) in [6.45, 7) is 0.926. The Morgan fingerprint density at radius 1 is 1.14 bits per heavy atom. The molecule has 1 aromatic carbocycles. The lowest BCUT2D eigenvalue weighted by molar-refractivity contribution is -0.256. The van der Waals surface area contributed by atoms with Gasteiger partial charge in [-0.1, -0.05) is 43.2 Å². The van der Waals surface area contributed by atoms with E-state index < -0.39 is 30.7 Å². The van der Waals surface area contributed by atoms with Crippen molar-refractivity contribution in [1.82, 2.24) is 5.32 Å². The van der Waals surface area contributed by atoms with Crippen LogP contribution in [0.15, 0.2) is 30.3 Å². The third kappa shape index (κ3) is 8.12. The number of carbonyl (C=O) groups is 1. The second kappa shape index (κ2) is 12.7. The van der Waals surface area contributed by atoms with E-state index in [4.69, 9.17) is 19.3 Å². The van der Waals surface area contributed by atoms with Gasteiger partial charge < -0.3 is 34.8 Å². The fraction of sp³-hybridized carbons (Fsp3) is 0.650. The van der Waals surface area contributed by atoms with E-state index in [1.165, 1.54) is 0 Å². The Kier molecular flexibility index (Phi) is 10.2. The van der Waals surface area contributed by atoms with Crippen LogP contribution in [-0.4, -0.2) is 65.8 Å². The van der Waals surface area contributed by atoms with Gasteiger partial charge in [0, 0.05) is 19.6 Å². The van der Waals surface area contributed by atoms with Crippen molar-refractivity contribution in [2.45, 2.75) is 63.3 Å². The summed E-state index contributed by atoms with van der Waals surface area (Å²) in [4.78, 5) is 11.6. The number of benzene rings is 1. The molecule has 1 fully saturated rings. The van der Waals surface area contributed by atoms with Crippen LogP contribution < -0.4 is 5.32 Å². The van der Waals surface area contributed by atoms with E-state index in [1.54, 1.807) is 0 Å². The monoisotopic (exact) mass is 397 g/mol. The van der Waals surface area contributed by atoms with Crippen LogP contribution in [0.25, 0.3) is 0 Å². The maximum absolute atomic E-state index is 11.6. The van der Waals surface area contributed by atoms with Gasteiger partial charge in [0.2, 0.25) is 0 Å². The van der Waals surface area contributed by atoms with E-state index >= 15 is 0 Å². The summed E-state index contributed by atoms with van der Waals surface area (Å²) < 4.78 is 16.1. The van der Waals surface area contributed by atoms with Gasteiger partial charge in [-0.2, -0.15) is 0 Å². The second-order valence-corrected chi connectivity index (χ2v) is 6.85. The Morgan fingerprint density at radius 2 is 1.89 bits per heavy atom. The highest BCUT2D eigenvalue weighted by Gasteiger charge is 2.36. The van der Waals surface area contributed by atoms with Crippen LogP contribution in [0.4, 0.5) is 4.79 Å². The molecule has 0 aromatic heterocycles. The number of alkyl carbamates (subject to hydrolysis) is 1. The van der Waals surface area contributed by atoms with Gasteiger partial charge in [-0.25, -0.2) is 4.79 Å². The van der Waals surface area contributed by atoms with Crippen LogP contribution in [0.2, 0.25) is 0 Å². The Morgan fingerprint density at radius 3 is 2.64 bits per heavy atom. The molecule has 158 valence electrons. The first kappa shape index (κ1) is 22.6. The molecular formula is C20H31NO7. The number of carbonyl (C=O) groups excluding carboxylic acids is 1. The number of aliphatic hydroxyl groups excluding tert-OH is 3. The zero-order valence-corrected chi connectivity index (χ0v) is 16.0. The molecule has 1 amide bonds. The summed E-state index contributed by atoms with van der Waals surface area (Å²) in [7, 11) is 0. The standard InChI is InChI=1S/C20H31NO7/c22-13-17-19(24)16(23)12-18(28-17)26-11-7-2-1-6-10-21-20(25)27-14-15-8-4-3-5-9-15/h3-5,8-9,16-19,22-24H,1-2,6-7,10-14H2,(H,21,25)/t16-,17-,18+,19+/m1/s1. The minimum atomic E-state index is -1.09. The van der Waals surface area contributed by atoms with E-state index in [1.807, 2.05) is 30.3 Å². The molecule has 28 heavy (non-hydrogen) atoms. The van der Waals surface area contributed by atoms with Crippen molar-refractivity contribution in [2.75, 3.05) is 19.8 Å². The molecule has 8 heteroatoms. The van der Waals surface area contributed by atoms with Gasteiger partial charge in [0.1, 0.15) is 18.8 Å². The first-order valence-electron chi connectivity index (χ1n) is 9.78. The number of hydrogen-bond donors (Lipinski definition) is 4. The van der Waals surface area contributed by atoms with Crippen LogP contribution in [-0.2, 0) is 20.8 Å². The highest BCUT2D eigenvalue weighted by molar-refractivity contribution is 5.67. The van der Waals surface area contributed by atoms with Crippen molar-refractivity contribution in [3.63, 3.8) is 0 Å². The van der Waals surface area contributed by atoms with Gasteiger partial charge in [0.25, 0.3) is 0 Å². The zero-order valence-electron chi connectivity index (χ0n) is 16.0. The first-order valence-corrected chi connectivity index (χ1v) is 9.78. The summed E-state index contributed by atoms with van der Waals surface area (Å²) >= 11 is 0. The average Bonchev–Trinajstić information content (AvgIpc) is 2.71. The maximum Gasteiger partial charge on any atom is 0.407 e. The second-order valence-electron chi connectivity index (χ2n) is 6.85. The number of hydrogen-bond acceptors (Lipinski definition) is 7. The molecule has 0 unspecified atom stereocenters. The SMILES string of the molecule is O=C(NCCCCCCO[C@@H]1C[C@@H](O)[C@H](O)[C@@H](CO)O1)OCc1ccccc1. The molecule has 1 heterocycles. The van der Waals surface area contributed by atoms with Crippen LogP contribution in [0.1, 0.15) is 37.7 Å². The minimum Gasteiger partial charge on any atom is -0.445 e. The molecule has 4 N–H and O–H groups in total. The molecule has 1 saturated heterocycles. The Hall–Kier alpha value is -1.71. The molecule has 1 aromatic rings. The van der Waals surface area contributed by atoms with Crippen molar-refractivity contribution in [2.24, 2.45) is 0 Å². The zero-order chi connectivity index (χ0) is 20.2. The van der Waals surface area contributed by atoms with Crippen LogP contribution in [0, 0.1) is 0 Å². The van der Waals surface area contributed by atoms with Gasteiger partial charge in [-0.15, -0.1) is 0 Å². The van der Waals surface area contributed by atoms with Crippen LogP contribution >= 0.6 is 0 Å². The lowest BCUT2D eigenvalue weighted by Crippen LogP contribution is -2.50. The van der Waals surface area contributed by atoms with E-state index in [9.17, 15) is 15.0 Å². The fourth-order valence-electron chi connectivity index (χ4n) is 2.93. The normalized spacial score (nSPS) is 24.7. The predicted octanol–water partition coefficient (Wildman–Crippen LogP) is 1.32. The molecular weight excluding hydrogens is 366 g/mol. The van der Waals surface area contributed by atoms with Crippen molar-refractivity contribution in [1.29, 1.82) is 0 Å². The molecule has 1 aliphatic heterocycles. The van der Waals surface area contributed by atoms with E-state index in [0.29, 0.717) is 13.2 Å². The molecule has 0 radical (unpaired) electrons. The van der Waals surface area contributed by atoms with Crippen LogP contribution in [0.3, 0.4) is 0 Å². The lowest BCUT2D eigenvalue weighted by Gasteiger charge is -2.36. The third-order valence-electron chi connectivity index (χ3n) is 4.57. The summed E-state index contributed by atoms with van der Waals surface area (Å²) in [6, 6.07) is 9.52. The Labute approximate surface area is 165 Å². The number of rotatable bonds is 11. The first-order chi connectivity index (χ1) is 13.6.